The predicted molar refractivity (Wildman–Crippen MR) is 114 cm³/mol. The minimum atomic E-state index is -0.323. The van der Waals surface area contributed by atoms with E-state index in [1.807, 2.05) is 24.3 Å². The number of fused-ring (bicyclic) bond motifs is 1. The van der Waals surface area contributed by atoms with Crippen LogP contribution in [0.1, 0.15) is 44.2 Å². The van der Waals surface area contributed by atoms with E-state index in [0.717, 1.165) is 49.2 Å². The summed E-state index contributed by atoms with van der Waals surface area (Å²) in [6.07, 6.45) is 7.62. The molecule has 0 atom stereocenters. The van der Waals surface area contributed by atoms with Crippen LogP contribution in [0.5, 0.6) is 0 Å². The predicted octanol–water partition coefficient (Wildman–Crippen LogP) is 6.60. The standard InChI is InChI=1S/C22H26N4O2/c1-3-15-25(16-4-2)18-11-9-17(10-12-18)23-24-21-13-14-22(26(27)28)20-8-6-5-7-19(20)21/h5,7,9-14H,3-4,6,8,15-16H2,1-2H3. The highest BCUT2D eigenvalue weighted by molar-refractivity contribution is 5.73. The molecule has 0 unspecified atom stereocenters. The number of nitro groups is 1. The monoisotopic (exact) mass is 378 g/mol. The lowest BCUT2D eigenvalue weighted by molar-refractivity contribution is -0.385. The number of rotatable bonds is 8. The SMILES string of the molecule is CCCN(CCC)c1ccc(N=Nc2ccc([N+](=O)[O-])c3c2C=CCC3)cc1. The summed E-state index contributed by atoms with van der Waals surface area (Å²) in [7, 11) is 0. The third-order valence-electron chi connectivity index (χ3n) is 4.83. The van der Waals surface area contributed by atoms with Crippen LogP contribution >= 0.6 is 0 Å². The second kappa shape index (κ2) is 9.26. The molecule has 0 radical (unpaired) electrons. The fourth-order valence-corrected chi connectivity index (χ4v) is 3.53. The average molecular weight is 378 g/mol. The van der Waals surface area contributed by atoms with Crippen molar-refractivity contribution in [2.75, 3.05) is 18.0 Å². The first-order chi connectivity index (χ1) is 13.6. The second-order valence-corrected chi connectivity index (χ2v) is 6.90. The minimum absolute atomic E-state index is 0.162. The van der Waals surface area contributed by atoms with E-state index in [1.165, 1.54) is 11.8 Å². The summed E-state index contributed by atoms with van der Waals surface area (Å²) in [5.41, 5.74) is 4.34. The van der Waals surface area contributed by atoms with Gasteiger partial charge in [-0.25, -0.2) is 0 Å². The van der Waals surface area contributed by atoms with Crippen molar-refractivity contribution in [3.63, 3.8) is 0 Å². The Labute approximate surface area is 165 Å². The van der Waals surface area contributed by atoms with Gasteiger partial charge in [-0.15, -0.1) is 5.11 Å². The summed E-state index contributed by atoms with van der Waals surface area (Å²) in [6, 6.07) is 11.3. The number of nitro benzene ring substituents is 1. The van der Waals surface area contributed by atoms with Gasteiger partial charge >= 0.3 is 0 Å². The number of benzene rings is 2. The van der Waals surface area contributed by atoms with Gasteiger partial charge in [-0.2, -0.15) is 5.11 Å². The van der Waals surface area contributed by atoms with Crippen LogP contribution < -0.4 is 4.90 Å². The average Bonchev–Trinajstić information content (AvgIpc) is 2.72. The van der Waals surface area contributed by atoms with Crippen LogP contribution in [0.2, 0.25) is 0 Å². The first kappa shape index (κ1) is 19.7. The number of hydrogen-bond acceptors (Lipinski definition) is 5. The van der Waals surface area contributed by atoms with E-state index in [0.29, 0.717) is 12.1 Å². The highest BCUT2D eigenvalue weighted by Gasteiger charge is 2.20. The van der Waals surface area contributed by atoms with Gasteiger partial charge in [0, 0.05) is 36.0 Å². The zero-order chi connectivity index (χ0) is 19.9. The van der Waals surface area contributed by atoms with Crippen LogP contribution in [-0.2, 0) is 6.42 Å². The smallest absolute Gasteiger partial charge is 0.273 e. The molecule has 146 valence electrons. The fraction of sp³-hybridized carbons (Fsp3) is 0.364. The first-order valence-electron chi connectivity index (χ1n) is 9.87. The molecule has 1 aliphatic rings. The third kappa shape index (κ3) is 4.44. The lowest BCUT2D eigenvalue weighted by Crippen LogP contribution is -2.24. The molecular weight excluding hydrogens is 352 g/mol. The fourth-order valence-electron chi connectivity index (χ4n) is 3.53. The summed E-state index contributed by atoms with van der Waals surface area (Å²) in [5.74, 6) is 0. The largest absolute Gasteiger partial charge is 0.372 e. The molecule has 0 saturated carbocycles. The van der Waals surface area contributed by atoms with Crippen LogP contribution in [-0.4, -0.2) is 18.0 Å². The number of azo groups is 1. The molecule has 28 heavy (non-hydrogen) atoms. The van der Waals surface area contributed by atoms with Gasteiger partial charge in [-0.1, -0.05) is 26.0 Å². The van der Waals surface area contributed by atoms with Gasteiger partial charge in [0.05, 0.1) is 16.3 Å². The van der Waals surface area contributed by atoms with Crippen molar-refractivity contribution < 1.29 is 4.92 Å². The van der Waals surface area contributed by atoms with Crippen molar-refractivity contribution in [3.8, 4) is 0 Å². The van der Waals surface area contributed by atoms with E-state index in [9.17, 15) is 10.1 Å². The van der Waals surface area contributed by atoms with E-state index < -0.39 is 0 Å². The first-order valence-corrected chi connectivity index (χ1v) is 9.87. The molecule has 2 aromatic carbocycles. The second-order valence-electron chi connectivity index (χ2n) is 6.90. The molecule has 1 aliphatic carbocycles. The van der Waals surface area contributed by atoms with Crippen molar-refractivity contribution in [1.29, 1.82) is 0 Å². The molecule has 0 saturated heterocycles. The minimum Gasteiger partial charge on any atom is -0.372 e. The van der Waals surface area contributed by atoms with Crippen molar-refractivity contribution >= 4 is 28.8 Å². The lowest BCUT2D eigenvalue weighted by Gasteiger charge is -2.23. The van der Waals surface area contributed by atoms with Gasteiger partial charge < -0.3 is 4.90 Å². The molecule has 0 fully saturated rings. The normalized spacial score (nSPS) is 12.9. The zero-order valence-electron chi connectivity index (χ0n) is 16.5. The van der Waals surface area contributed by atoms with E-state index >= 15 is 0 Å². The summed E-state index contributed by atoms with van der Waals surface area (Å²) in [4.78, 5) is 13.3. The summed E-state index contributed by atoms with van der Waals surface area (Å²) >= 11 is 0. The summed E-state index contributed by atoms with van der Waals surface area (Å²) < 4.78 is 0. The molecule has 6 nitrogen and oxygen atoms in total. The van der Waals surface area contributed by atoms with Gasteiger partial charge in [0.1, 0.15) is 0 Å². The van der Waals surface area contributed by atoms with Gasteiger partial charge in [-0.3, -0.25) is 10.1 Å². The van der Waals surface area contributed by atoms with Crippen LogP contribution in [0.15, 0.2) is 52.7 Å². The molecular formula is C22H26N4O2. The Bertz CT molecular complexity index is 882. The molecule has 0 N–H and O–H groups in total. The summed E-state index contributed by atoms with van der Waals surface area (Å²) in [6.45, 7) is 6.45. The van der Waals surface area contributed by atoms with E-state index in [-0.39, 0.29) is 10.6 Å². The zero-order valence-corrected chi connectivity index (χ0v) is 16.5. The van der Waals surface area contributed by atoms with Gasteiger partial charge in [-0.05, 0) is 56.0 Å². The quantitative estimate of drug-likeness (QED) is 0.295. The van der Waals surface area contributed by atoms with Crippen LogP contribution in [0.4, 0.5) is 22.7 Å². The Hall–Kier alpha value is -3.02. The van der Waals surface area contributed by atoms with E-state index in [1.54, 1.807) is 6.07 Å². The number of allylic oxidation sites excluding steroid dienone is 1. The summed E-state index contributed by atoms with van der Waals surface area (Å²) in [5, 5.41) is 20.0. The molecule has 0 bridgehead atoms. The van der Waals surface area contributed by atoms with E-state index in [4.69, 9.17) is 0 Å². The number of nitrogens with zero attached hydrogens (tertiary/aromatic N) is 4. The Morgan fingerprint density at radius 2 is 1.75 bits per heavy atom. The van der Waals surface area contributed by atoms with Crippen LogP contribution in [0.3, 0.4) is 0 Å². The maximum Gasteiger partial charge on any atom is 0.273 e. The number of hydrogen-bond donors (Lipinski definition) is 0. The van der Waals surface area contributed by atoms with Crippen molar-refractivity contribution in [2.24, 2.45) is 10.2 Å². The van der Waals surface area contributed by atoms with Gasteiger partial charge in [0.2, 0.25) is 0 Å². The molecule has 2 aromatic rings. The molecule has 6 heteroatoms. The Morgan fingerprint density at radius 3 is 2.39 bits per heavy atom. The van der Waals surface area contributed by atoms with Gasteiger partial charge in [0.15, 0.2) is 0 Å². The Morgan fingerprint density at radius 1 is 1.04 bits per heavy atom. The third-order valence-corrected chi connectivity index (χ3v) is 4.83. The Balaban J connectivity index is 1.83. The van der Waals surface area contributed by atoms with Gasteiger partial charge in [0.25, 0.3) is 5.69 Å². The van der Waals surface area contributed by atoms with Crippen LogP contribution in [0, 0.1) is 10.1 Å². The van der Waals surface area contributed by atoms with Crippen molar-refractivity contribution in [1.82, 2.24) is 0 Å². The highest BCUT2D eigenvalue weighted by Crippen LogP contribution is 2.36. The highest BCUT2D eigenvalue weighted by atomic mass is 16.6. The molecule has 0 aromatic heterocycles. The molecule has 0 aliphatic heterocycles. The van der Waals surface area contributed by atoms with Crippen LogP contribution in [0.25, 0.3) is 6.08 Å². The number of anilines is 1. The van der Waals surface area contributed by atoms with E-state index in [2.05, 4.69) is 41.1 Å². The lowest BCUT2D eigenvalue weighted by atomic mass is 9.94. The maximum atomic E-state index is 11.3. The molecule has 0 amide bonds. The molecule has 0 spiro atoms. The Kier molecular flexibility index (Phi) is 6.53. The topological polar surface area (TPSA) is 71.1 Å². The van der Waals surface area contributed by atoms with Crippen molar-refractivity contribution in [3.05, 3.63) is 63.7 Å². The maximum absolute atomic E-state index is 11.3. The molecule has 0 heterocycles. The molecule has 3 rings (SSSR count). The van der Waals surface area contributed by atoms with Crippen molar-refractivity contribution in [2.45, 2.75) is 39.5 Å².